The van der Waals surface area contributed by atoms with E-state index in [0.717, 1.165) is 10.2 Å². The van der Waals surface area contributed by atoms with Crippen molar-refractivity contribution in [2.24, 2.45) is 4.99 Å². The number of carbonyl (C=O) groups is 2. The number of thiazole rings is 1. The Morgan fingerprint density at radius 3 is 2.88 bits per heavy atom. The van der Waals surface area contributed by atoms with E-state index in [4.69, 9.17) is 18.9 Å². The quantitative estimate of drug-likeness (QED) is 0.734. The van der Waals surface area contributed by atoms with Crippen LogP contribution in [0.15, 0.2) is 35.2 Å². The van der Waals surface area contributed by atoms with Gasteiger partial charge < -0.3 is 23.5 Å². The number of nitrogens with zero attached hydrogens (tertiary/aromatic N) is 2. The molecule has 26 heavy (non-hydrogen) atoms. The number of methoxy groups -OCH3 is 1. The molecule has 3 rings (SSSR count). The second-order valence-electron chi connectivity index (χ2n) is 5.23. The molecule has 0 spiro atoms. The second kappa shape index (κ2) is 8.05. The van der Waals surface area contributed by atoms with Crippen LogP contribution in [0.4, 0.5) is 0 Å². The Kier molecular flexibility index (Phi) is 5.57. The van der Waals surface area contributed by atoms with E-state index in [1.165, 1.54) is 24.7 Å². The number of aromatic nitrogens is 1. The maximum atomic E-state index is 12.3. The van der Waals surface area contributed by atoms with Crippen molar-refractivity contribution in [3.8, 4) is 5.75 Å². The average molecular weight is 378 g/mol. The fourth-order valence-electron chi connectivity index (χ4n) is 2.36. The van der Waals surface area contributed by atoms with Gasteiger partial charge in [-0.2, -0.15) is 4.99 Å². The Morgan fingerprint density at radius 2 is 2.19 bits per heavy atom. The molecule has 0 N–H and O–H groups in total. The zero-order valence-electron chi connectivity index (χ0n) is 14.4. The molecule has 0 saturated heterocycles. The molecule has 0 saturated carbocycles. The first kappa shape index (κ1) is 18.0. The highest BCUT2D eigenvalue weighted by atomic mass is 32.1. The lowest BCUT2D eigenvalue weighted by Crippen LogP contribution is -2.23. The van der Waals surface area contributed by atoms with Crippen LogP contribution in [-0.4, -0.2) is 43.4 Å². The molecule has 0 fully saturated rings. The molecule has 1 aliphatic heterocycles. The number of amides is 1. The zero-order valence-corrected chi connectivity index (χ0v) is 15.2. The molecule has 0 bridgehead atoms. The summed E-state index contributed by atoms with van der Waals surface area (Å²) in [6.45, 7) is 3.06. The van der Waals surface area contributed by atoms with Crippen molar-refractivity contribution in [2.75, 3.05) is 26.9 Å². The van der Waals surface area contributed by atoms with Gasteiger partial charge in [0.15, 0.2) is 4.80 Å². The van der Waals surface area contributed by atoms with Crippen molar-refractivity contribution in [2.45, 2.75) is 13.5 Å². The van der Waals surface area contributed by atoms with Gasteiger partial charge in [0, 0.05) is 0 Å². The summed E-state index contributed by atoms with van der Waals surface area (Å²) < 4.78 is 23.1. The van der Waals surface area contributed by atoms with Gasteiger partial charge in [-0.05, 0) is 25.1 Å². The maximum absolute atomic E-state index is 12.3. The van der Waals surface area contributed by atoms with Crippen molar-refractivity contribution < 1.29 is 28.5 Å². The Balaban J connectivity index is 2.07. The number of fused-ring (bicyclic) bond motifs is 1. The first-order valence-electron chi connectivity index (χ1n) is 7.99. The van der Waals surface area contributed by atoms with Gasteiger partial charge in [-0.25, -0.2) is 0 Å². The molecule has 2 heterocycles. The molecule has 8 nitrogen and oxygen atoms in total. The first-order valence-corrected chi connectivity index (χ1v) is 8.80. The van der Waals surface area contributed by atoms with Crippen LogP contribution in [-0.2, 0) is 30.3 Å². The van der Waals surface area contributed by atoms with Gasteiger partial charge in [0.05, 0.1) is 23.9 Å². The van der Waals surface area contributed by atoms with Crippen molar-refractivity contribution in [1.82, 2.24) is 4.57 Å². The molecule has 1 amide bonds. The minimum Gasteiger partial charge on any atom is -0.494 e. The lowest BCUT2D eigenvalue weighted by molar-refractivity contribution is -0.141. The minimum atomic E-state index is -0.570. The number of carbonyl (C=O) groups excluding carboxylic acids is 2. The highest BCUT2D eigenvalue weighted by molar-refractivity contribution is 7.16. The van der Waals surface area contributed by atoms with Crippen molar-refractivity contribution >= 4 is 33.4 Å². The number of esters is 1. The van der Waals surface area contributed by atoms with Crippen LogP contribution in [0.1, 0.15) is 6.92 Å². The largest absolute Gasteiger partial charge is 0.494 e. The Labute approximate surface area is 153 Å². The molecule has 1 aliphatic rings. The fourth-order valence-corrected chi connectivity index (χ4v) is 3.42. The smallest absolute Gasteiger partial charge is 0.325 e. The van der Waals surface area contributed by atoms with Crippen LogP contribution in [0.3, 0.4) is 0 Å². The average Bonchev–Trinajstić information content (AvgIpc) is 2.99. The lowest BCUT2D eigenvalue weighted by atomic mass is 10.3. The van der Waals surface area contributed by atoms with E-state index in [1.54, 1.807) is 10.6 Å². The van der Waals surface area contributed by atoms with Gasteiger partial charge in [-0.3, -0.25) is 9.59 Å². The van der Waals surface area contributed by atoms with Crippen LogP contribution in [0.5, 0.6) is 5.75 Å². The summed E-state index contributed by atoms with van der Waals surface area (Å²) in [5.41, 5.74) is 0.755. The summed E-state index contributed by atoms with van der Waals surface area (Å²) >= 11 is 1.27. The van der Waals surface area contributed by atoms with Crippen molar-refractivity contribution in [3.63, 3.8) is 0 Å². The standard InChI is InChI=1S/C17H18N2O6S/c1-3-24-11-4-5-12-14(8-11)26-17(19(12)9-15(20)22-2)18-16(21)13-10-23-6-7-25-13/h4-5,8,10H,3,6-7,9H2,1-2H3. The maximum Gasteiger partial charge on any atom is 0.325 e. The number of rotatable bonds is 5. The van der Waals surface area contributed by atoms with Gasteiger partial charge >= 0.3 is 11.9 Å². The molecule has 138 valence electrons. The second-order valence-corrected chi connectivity index (χ2v) is 6.24. The van der Waals surface area contributed by atoms with Gasteiger partial charge in [0.2, 0.25) is 5.76 Å². The number of hydrogen-bond donors (Lipinski definition) is 0. The van der Waals surface area contributed by atoms with Crippen LogP contribution in [0, 0.1) is 0 Å². The third kappa shape index (κ3) is 3.88. The number of benzene rings is 1. The summed E-state index contributed by atoms with van der Waals surface area (Å²) in [7, 11) is 1.31. The zero-order chi connectivity index (χ0) is 18.5. The monoisotopic (exact) mass is 378 g/mol. The molecule has 1 aromatic heterocycles. The summed E-state index contributed by atoms with van der Waals surface area (Å²) in [6.07, 6.45) is 1.25. The Bertz CT molecular complexity index is 927. The molecule has 9 heteroatoms. The Hall–Kier alpha value is -2.81. The molecule has 0 aliphatic carbocycles. The third-order valence-corrected chi connectivity index (χ3v) is 4.58. The van der Waals surface area contributed by atoms with Crippen LogP contribution < -0.4 is 9.54 Å². The molecular formula is C17H18N2O6S. The molecule has 0 unspecified atom stereocenters. The highest BCUT2D eigenvalue weighted by Crippen LogP contribution is 2.23. The van der Waals surface area contributed by atoms with E-state index < -0.39 is 11.9 Å². The Morgan fingerprint density at radius 1 is 1.35 bits per heavy atom. The molecule has 1 aromatic carbocycles. The summed E-state index contributed by atoms with van der Waals surface area (Å²) in [4.78, 5) is 28.6. The molecule has 0 radical (unpaired) electrons. The van der Waals surface area contributed by atoms with Crippen LogP contribution >= 0.6 is 11.3 Å². The van der Waals surface area contributed by atoms with E-state index in [-0.39, 0.29) is 12.3 Å². The van der Waals surface area contributed by atoms with E-state index in [2.05, 4.69) is 4.99 Å². The van der Waals surface area contributed by atoms with E-state index in [1.807, 2.05) is 19.1 Å². The summed E-state index contributed by atoms with van der Waals surface area (Å²) in [5, 5.41) is 0. The summed E-state index contributed by atoms with van der Waals surface area (Å²) in [6, 6.07) is 5.47. The number of ether oxygens (including phenoxy) is 4. The summed E-state index contributed by atoms with van der Waals surface area (Å²) in [5.74, 6) is -0.270. The number of hydrogen-bond acceptors (Lipinski definition) is 7. The first-order chi connectivity index (χ1) is 12.6. The molecule has 2 aromatic rings. The normalized spacial score (nSPS) is 14.4. The SMILES string of the molecule is CCOc1ccc2c(c1)sc(=NC(=O)C1=COCCO1)n2CC(=O)OC. The van der Waals surface area contributed by atoms with E-state index in [9.17, 15) is 9.59 Å². The topological polar surface area (TPSA) is 88.4 Å². The highest BCUT2D eigenvalue weighted by Gasteiger charge is 2.17. The van der Waals surface area contributed by atoms with Crippen molar-refractivity contribution in [1.29, 1.82) is 0 Å². The third-order valence-electron chi connectivity index (χ3n) is 3.54. The predicted octanol–water partition coefficient (Wildman–Crippen LogP) is 1.59. The van der Waals surface area contributed by atoms with Gasteiger partial charge in [-0.1, -0.05) is 11.3 Å². The van der Waals surface area contributed by atoms with E-state index in [0.29, 0.717) is 30.4 Å². The van der Waals surface area contributed by atoms with Gasteiger partial charge in [0.1, 0.15) is 31.8 Å². The molecular weight excluding hydrogens is 360 g/mol. The fraction of sp³-hybridized carbons (Fsp3) is 0.353. The lowest BCUT2D eigenvalue weighted by Gasteiger charge is -2.12. The van der Waals surface area contributed by atoms with Gasteiger partial charge in [0.25, 0.3) is 0 Å². The predicted molar refractivity (Wildman–Crippen MR) is 93.6 cm³/mol. The minimum absolute atomic E-state index is 0.0355. The van der Waals surface area contributed by atoms with Crippen LogP contribution in [0.25, 0.3) is 10.2 Å². The van der Waals surface area contributed by atoms with E-state index >= 15 is 0 Å². The molecule has 0 atom stereocenters. The van der Waals surface area contributed by atoms with Gasteiger partial charge in [-0.15, -0.1) is 0 Å². The van der Waals surface area contributed by atoms with Crippen molar-refractivity contribution in [3.05, 3.63) is 35.0 Å². The van der Waals surface area contributed by atoms with Crippen LogP contribution in [0.2, 0.25) is 0 Å².